The number of amidine groups is 1. The van der Waals surface area contributed by atoms with Crippen LogP contribution in [0.4, 0.5) is 0 Å². The Morgan fingerprint density at radius 2 is 2.33 bits per heavy atom. The molecule has 3 heterocycles. The van der Waals surface area contributed by atoms with Crippen molar-refractivity contribution in [1.82, 2.24) is 25.1 Å². The van der Waals surface area contributed by atoms with E-state index in [0.29, 0.717) is 18.8 Å². The first-order chi connectivity index (χ1) is 11.7. The van der Waals surface area contributed by atoms with E-state index in [2.05, 4.69) is 20.6 Å². The van der Waals surface area contributed by atoms with E-state index in [0.717, 1.165) is 22.6 Å². The van der Waals surface area contributed by atoms with E-state index in [1.165, 1.54) is 11.8 Å². The van der Waals surface area contributed by atoms with Gasteiger partial charge in [0.1, 0.15) is 5.69 Å². The van der Waals surface area contributed by atoms with Crippen LogP contribution in [0, 0.1) is 0 Å². The zero-order valence-electron chi connectivity index (χ0n) is 13.7. The molecule has 0 bridgehead atoms. The van der Waals surface area contributed by atoms with Crippen LogP contribution in [0.15, 0.2) is 52.7 Å². The minimum absolute atomic E-state index is 0.0887. The van der Waals surface area contributed by atoms with Gasteiger partial charge in [0.25, 0.3) is 5.91 Å². The van der Waals surface area contributed by atoms with Crippen molar-refractivity contribution in [1.29, 1.82) is 0 Å². The van der Waals surface area contributed by atoms with Crippen LogP contribution in [-0.2, 0) is 6.54 Å². The van der Waals surface area contributed by atoms with E-state index in [1.54, 1.807) is 18.1 Å². The maximum Gasteiger partial charge on any atom is 0.276 e. The minimum Gasteiger partial charge on any atom is -0.386 e. The van der Waals surface area contributed by atoms with Gasteiger partial charge in [-0.3, -0.25) is 9.79 Å². The highest BCUT2D eigenvalue weighted by atomic mass is 32.2. The first kappa shape index (κ1) is 16.4. The number of dihydropyridines is 1. The van der Waals surface area contributed by atoms with Crippen molar-refractivity contribution in [3.63, 3.8) is 0 Å². The molecule has 1 aromatic heterocycles. The minimum atomic E-state index is -0.0887. The van der Waals surface area contributed by atoms with Gasteiger partial charge in [0.15, 0.2) is 10.3 Å². The summed E-state index contributed by atoms with van der Waals surface area (Å²) in [5.74, 6) is -0.0887. The third kappa shape index (κ3) is 3.38. The molecule has 2 N–H and O–H groups in total. The van der Waals surface area contributed by atoms with Crippen molar-refractivity contribution in [3.05, 3.63) is 48.2 Å². The molecule has 0 atom stereocenters. The van der Waals surface area contributed by atoms with Gasteiger partial charge in [-0.15, -0.1) is 0 Å². The third-order valence-corrected chi connectivity index (χ3v) is 4.62. The summed E-state index contributed by atoms with van der Waals surface area (Å²) in [6.07, 6.45) is 11.2. The number of likely N-dealkylation sites (N-methyl/N-ethyl adjacent to an activating group) is 1. The first-order valence-corrected chi connectivity index (χ1v) is 8.60. The molecule has 1 aromatic rings. The lowest BCUT2D eigenvalue weighted by Crippen LogP contribution is -2.30. The second-order valence-electron chi connectivity index (χ2n) is 5.21. The molecule has 0 saturated carbocycles. The van der Waals surface area contributed by atoms with Crippen LogP contribution >= 0.6 is 11.8 Å². The van der Waals surface area contributed by atoms with Crippen LogP contribution in [0.25, 0.3) is 0 Å². The summed E-state index contributed by atoms with van der Waals surface area (Å²) in [7, 11) is 1.77. The van der Waals surface area contributed by atoms with Crippen molar-refractivity contribution in [2.24, 2.45) is 4.99 Å². The number of allylic oxidation sites excluding steroid dienone is 1. The largest absolute Gasteiger partial charge is 0.386 e. The molecular formula is C16H20N6OS. The molecule has 1 amide bonds. The van der Waals surface area contributed by atoms with Crippen LogP contribution in [0.2, 0.25) is 0 Å². The monoisotopic (exact) mass is 344 g/mol. The van der Waals surface area contributed by atoms with E-state index in [4.69, 9.17) is 0 Å². The van der Waals surface area contributed by atoms with E-state index in [1.807, 2.05) is 42.1 Å². The molecule has 7 nitrogen and oxygen atoms in total. The molecule has 3 rings (SSSR count). The second kappa shape index (κ2) is 7.39. The van der Waals surface area contributed by atoms with E-state index >= 15 is 0 Å². The van der Waals surface area contributed by atoms with E-state index in [-0.39, 0.29) is 5.91 Å². The lowest BCUT2D eigenvalue weighted by molar-refractivity contribution is 0.0828. The molecule has 0 aromatic carbocycles. The van der Waals surface area contributed by atoms with Gasteiger partial charge < -0.3 is 20.1 Å². The molecule has 0 aliphatic carbocycles. The highest BCUT2D eigenvalue weighted by molar-refractivity contribution is 8.13. The van der Waals surface area contributed by atoms with Crippen molar-refractivity contribution < 1.29 is 4.79 Å². The summed E-state index contributed by atoms with van der Waals surface area (Å²) >= 11 is 1.43. The Balaban J connectivity index is 1.80. The van der Waals surface area contributed by atoms with Gasteiger partial charge in [0, 0.05) is 32.5 Å². The molecule has 0 unspecified atom stereocenters. The topological polar surface area (TPSA) is 74.5 Å². The third-order valence-electron chi connectivity index (χ3n) is 3.67. The summed E-state index contributed by atoms with van der Waals surface area (Å²) in [5, 5.41) is 7.74. The standard InChI is InChI=1S/C16H20N6OS/c1-3-22-13(14(23)21(2)12-6-4-7-17-10-12)11-20-16(22)24-15-18-8-5-9-19-15/h4-6,8,10-11,17H,3,7,9H2,1-2H3,(H,18,19). The molecule has 0 spiro atoms. The van der Waals surface area contributed by atoms with Crippen molar-refractivity contribution in [3.8, 4) is 0 Å². The molecule has 0 radical (unpaired) electrons. The molecular weight excluding hydrogens is 324 g/mol. The number of nitrogens with one attached hydrogen (secondary N) is 2. The first-order valence-electron chi connectivity index (χ1n) is 7.78. The Morgan fingerprint density at radius 1 is 1.46 bits per heavy atom. The number of hydrogen-bond donors (Lipinski definition) is 2. The lowest BCUT2D eigenvalue weighted by Gasteiger charge is -2.21. The smallest absolute Gasteiger partial charge is 0.276 e. The average molecular weight is 344 g/mol. The zero-order chi connectivity index (χ0) is 16.9. The highest BCUT2D eigenvalue weighted by Crippen LogP contribution is 2.22. The fraction of sp³-hybridized carbons (Fsp3) is 0.312. The number of imidazole rings is 1. The van der Waals surface area contributed by atoms with Crippen LogP contribution < -0.4 is 10.6 Å². The Hall–Kier alpha value is -2.48. The quantitative estimate of drug-likeness (QED) is 0.867. The van der Waals surface area contributed by atoms with Crippen LogP contribution in [0.5, 0.6) is 0 Å². The number of rotatable bonds is 4. The molecule has 8 heteroatoms. The Labute approximate surface area is 145 Å². The fourth-order valence-electron chi connectivity index (χ4n) is 2.39. The lowest BCUT2D eigenvalue weighted by atomic mass is 10.3. The summed E-state index contributed by atoms with van der Waals surface area (Å²) in [6, 6.07) is 0. The van der Waals surface area contributed by atoms with Gasteiger partial charge in [-0.2, -0.15) is 0 Å². The van der Waals surface area contributed by atoms with Crippen molar-refractivity contribution in [2.75, 3.05) is 20.1 Å². The van der Waals surface area contributed by atoms with Crippen molar-refractivity contribution in [2.45, 2.75) is 18.6 Å². The maximum atomic E-state index is 12.8. The molecule has 0 fully saturated rings. The molecule has 2 aliphatic heterocycles. The fourth-order valence-corrected chi connectivity index (χ4v) is 3.27. The van der Waals surface area contributed by atoms with Gasteiger partial charge in [0.05, 0.1) is 18.4 Å². The zero-order valence-corrected chi connectivity index (χ0v) is 14.5. The van der Waals surface area contributed by atoms with Gasteiger partial charge in [-0.05, 0) is 30.8 Å². The number of nitrogens with zero attached hydrogens (tertiary/aromatic N) is 4. The number of hydrogen-bond acceptors (Lipinski definition) is 6. The van der Waals surface area contributed by atoms with Gasteiger partial charge in [0.2, 0.25) is 0 Å². The molecule has 0 saturated heterocycles. The maximum absolute atomic E-state index is 12.8. The number of carbonyl (C=O) groups is 1. The van der Waals surface area contributed by atoms with Crippen LogP contribution in [0.3, 0.4) is 0 Å². The number of carbonyl (C=O) groups excluding carboxylic acids is 1. The number of amides is 1. The summed E-state index contributed by atoms with van der Waals surface area (Å²) in [5.41, 5.74) is 1.39. The van der Waals surface area contributed by atoms with Crippen LogP contribution in [-0.4, -0.2) is 45.7 Å². The normalized spacial score (nSPS) is 16.1. The summed E-state index contributed by atoms with van der Waals surface area (Å²) < 4.78 is 1.91. The van der Waals surface area contributed by atoms with E-state index < -0.39 is 0 Å². The number of thioether (sulfide) groups is 1. The Morgan fingerprint density at radius 3 is 3.00 bits per heavy atom. The summed E-state index contributed by atoms with van der Waals surface area (Å²) in [6.45, 7) is 4.10. The van der Waals surface area contributed by atoms with Gasteiger partial charge in [-0.25, -0.2) is 4.98 Å². The average Bonchev–Trinajstić information content (AvgIpc) is 3.04. The van der Waals surface area contributed by atoms with E-state index in [9.17, 15) is 4.79 Å². The predicted molar refractivity (Wildman–Crippen MR) is 95.7 cm³/mol. The Kier molecular flexibility index (Phi) is 5.05. The highest BCUT2D eigenvalue weighted by Gasteiger charge is 2.22. The second-order valence-corrected chi connectivity index (χ2v) is 6.16. The Bertz CT molecular complexity index is 746. The predicted octanol–water partition coefficient (Wildman–Crippen LogP) is 1.54. The number of aliphatic imine (C=N–C) groups is 1. The number of aromatic nitrogens is 2. The van der Waals surface area contributed by atoms with Crippen molar-refractivity contribution >= 4 is 22.8 Å². The SMILES string of the molecule is CCn1c(C(=O)N(C)C2=CNCC=C2)cnc1SC1=NCC=CN1. The summed E-state index contributed by atoms with van der Waals surface area (Å²) in [4.78, 5) is 23.2. The van der Waals surface area contributed by atoms with Gasteiger partial charge in [-0.1, -0.05) is 6.08 Å². The van der Waals surface area contributed by atoms with Crippen LogP contribution in [0.1, 0.15) is 17.4 Å². The molecule has 24 heavy (non-hydrogen) atoms. The molecule has 126 valence electrons. The molecule has 2 aliphatic rings. The van der Waals surface area contributed by atoms with Gasteiger partial charge >= 0.3 is 0 Å².